The van der Waals surface area contributed by atoms with Crippen LogP contribution in [0.25, 0.3) is 0 Å². The Morgan fingerprint density at radius 3 is 2.62 bits per heavy atom. The minimum Gasteiger partial charge on any atom is -0.493 e. The van der Waals surface area contributed by atoms with Crippen LogP contribution in [0.2, 0.25) is 0 Å². The van der Waals surface area contributed by atoms with Crippen LogP contribution >= 0.6 is 0 Å². The van der Waals surface area contributed by atoms with E-state index in [0.717, 1.165) is 11.1 Å². The number of nitrogens with zero attached hydrogens (tertiary/aromatic N) is 1. The van der Waals surface area contributed by atoms with Gasteiger partial charge in [-0.3, -0.25) is 0 Å². The first-order valence-electron chi connectivity index (χ1n) is 6.62. The highest BCUT2D eigenvalue weighted by atomic mass is 16.5. The van der Waals surface area contributed by atoms with Crippen molar-refractivity contribution in [3.8, 4) is 17.4 Å². The molecule has 0 radical (unpaired) electrons. The van der Waals surface area contributed by atoms with Crippen molar-refractivity contribution in [1.29, 1.82) is 0 Å². The Morgan fingerprint density at radius 2 is 1.95 bits per heavy atom. The van der Waals surface area contributed by atoms with E-state index in [2.05, 4.69) is 4.98 Å². The van der Waals surface area contributed by atoms with Gasteiger partial charge in [-0.25, -0.2) is 4.98 Å². The molecular formula is C16H19NO4. The highest BCUT2D eigenvalue weighted by Crippen LogP contribution is 2.31. The van der Waals surface area contributed by atoms with Crippen LogP contribution in [0.5, 0.6) is 17.4 Å². The molecule has 5 nitrogen and oxygen atoms in total. The molecule has 5 heteroatoms. The number of rotatable bonds is 6. The molecule has 0 bridgehead atoms. The van der Waals surface area contributed by atoms with Crippen LogP contribution in [0, 0.1) is 0 Å². The first-order valence-corrected chi connectivity index (χ1v) is 6.62. The first kappa shape index (κ1) is 15.1. The van der Waals surface area contributed by atoms with Gasteiger partial charge in [0.2, 0.25) is 5.88 Å². The predicted molar refractivity (Wildman–Crippen MR) is 78.7 cm³/mol. The zero-order valence-electron chi connectivity index (χ0n) is 12.4. The van der Waals surface area contributed by atoms with Crippen molar-refractivity contribution >= 4 is 0 Å². The van der Waals surface area contributed by atoms with Crippen molar-refractivity contribution in [3.63, 3.8) is 0 Å². The number of aliphatic hydroxyl groups is 1. The Hall–Kier alpha value is -2.27. The van der Waals surface area contributed by atoms with Crippen LogP contribution in [-0.2, 0) is 6.61 Å². The van der Waals surface area contributed by atoms with Gasteiger partial charge in [0.15, 0.2) is 11.5 Å². The maximum absolute atomic E-state index is 9.59. The van der Waals surface area contributed by atoms with Gasteiger partial charge in [0.1, 0.15) is 6.61 Å². The molecule has 2 rings (SSSR count). The molecule has 21 heavy (non-hydrogen) atoms. The van der Waals surface area contributed by atoms with E-state index in [-0.39, 0.29) is 0 Å². The van der Waals surface area contributed by atoms with E-state index >= 15 is 0 Å². The zero-order valence-corrected chi connectivity index (χ0v) is 12.4. The molecule has 0 saturated heterocycles. The number of aromatic nitrogens is 1. The summed E-state index contributed by atoms with van der Waals surface area (Å²) in [7, 11) is 3.14. The minimum atomic E-state index is -0.550. The van der Waals surface area contributed by atoms with Gasteiger partial charge in [-0.15, -0.1) is 0 Å². The quantitative estimate of drug-likeness (QED) is 0.886. The second-order valence-electron chi connectivity index (χ2n) is 4.55. The van der Waals surface area contributed by atoms with Crippen LogP contribution in [0.4, 0.5) is 0 Å². The van der Waals surface area contributed by atoms with Crippen molar-refractivity contribution in [1.82, 2.24) is 4.98 Å². The second-order valence-corrected chi connectivity index (χ2v) is 4.55. The summed E-state index contributed by atoms with van der Waals surface area (Å²) in [5, 5.41) is 9.59. The molecule has 1 aromatic heterocycles. The summed E-state index contributed by atoms with van der Waals surface area (Å²) in [6.45, 7) is 2.03. The molecule has 0 spiro atoms. The number of methoxy groups -OCH3 is 2. The van der Waals surface area contributed by atoms with E-state index in [1.54, 1.807) is 39.5 Å². The normalized spacial score (nSPS) is 11.8. The van der Waals surface area contributed by atoms with Crippen molar-refractivity contribution in [2.75, 3.05) is 14.2 Å². The number of aliphatic hydroxyl groups excluding tert-OH is 1. The fourth-order valence-corrected chi connectivity index (χ4v) is 1.94. The van der Waals surface area contributed by atoms with Crippen LogP contribution in [-0.4, -0.2) is 24.3 Å². The second kappa shape index (κ2) is 6.95. The van der Waals surface area contributed by atoms with Crippen LogP contribution in [0.3, 0.4) is 0 Å². The standard InChI is InChI=1S/C16H19NO4/c1-11(18)12-6-7-14(15(9-12)19-2)21-10-13-5-4-8-17-16(13)20-3/h4-9,11,18H,10H2,1-3H3. The van der Waals surface area contributed by atoms with Gasteiger partial charge in [-0.05, 0) is 36.8 Å². The van der Waals surface area contributed by atoms with E-state index in [1.807, 2.05) is 18.2 Å². The lowest BCUT2D eigenvalue weighted by atomic mass is 10.1. The Morgan fingerprint density at radius 1 is 1.14 bits per heavy atom. The van der Waals surface area contributed by atoms with E-state index in [1.165, 1.54) is 0 Å². The SMILES string of the molecule is COc1cc(C(C)O)ccc1OCc1cccnc1OC. The van der Waals surface area contributed by atoms with Crippen molar-refractivity contribution < 1.29 is 19.3 Å². The van der Waals surface area contributed by atoms with E-state index in [0.29, 0.717) is 24.0 Å². The van der Waals surface area contributed by atoms with Gasteiger partial charge >= 0.3 is 0 Å². The Kier molecular flexibility index (Phi) is 5.00. The maximum atomic E-state index is 9.59. The molecule has 2 aromatic rings. The fraction of sp³-hybridized carbons (Fsp3) is 0.312. The molecule has 0 fully saturated rings. The Balaban J connectivity index is 2.16. The van der Waals surface area contributed by atoms with Gasteiger partial charge in [0.05, 0.1) is 25.9 Å². The summed E-state index contributed by atoms with van der Waals surface area (Å²) in [4.78, 5) is 4.12. The summed E-state index contributed by atoms with van der Waals surface area (Å²) >= 11 is 0. The number of pyridine rings is 1. The molecule has 1 heterocycles. The molecule has 1 aromatic carbocycles. The number of hydrogen-bond donors (Lipinski definition) is 1. The van der Waals surface area contributed by atoms with Gasteiger partial charge in [0.25, 0.3) is 0 Å². The molecule has 0 aliphatic rings. The Labute approximate surface area is 124 Å². The largest absolute Gasteiger partial charge is 0.493 e. The molecule has 0 aliphatic carbocycles. The van der Waals surface area contributed by atoms with Gasteiger partial charge in [-0.2, -0.15) is 0 Å². The Bertz CT molecular complexity index is 599. The smallest absolute Gasteiger partial charge is 0.219 e. The molecule has 1 atom stereocenters. The zero-order chi connectivity index (χ0) is 15.2. The van der Waals surface area contributed by atoms with E-state index in [4.69, 9.17) is 14.2 Å². The molecular weight excluding hydrogens is 270 g/mol. The van der Waals surface area contributed by atoms with Crippen molar-refractivity contribution in [3.05, 3.63) is 47.7 Å². The predicted octanol–water partition coefficient (Wildman–Crippen LogP) is 2.73. The highest BCUT2D eigenvalue weighted by molar-refractivity contribution is 5.43. The maximum Gasteiger partial charge on any atom is 0.219 e. The summed E-state index contributed by atoms with van der Waals surface area (Å²) < 4.78 is 16.2. The summed E-state index contributed by atoms with van der Waals surface area (Å²) in [5.74, 6) is 1.72. The fourth-order valence-electron chi connectivity index (χ4n) is 1.94. The lowest BCUT2D eigenvalue weighted by Crippen LogP contribution is -2.02. The summed E-state index contributed by atoms with van der Waals surface area (Å²) in [6, 6.07) is 9.07. The topological polar surface area (TPSA) is 60.8 Å². The molecule has 0 amide bonds. The molecule has 0 saturated carbocycles. The van der Waals surface area contributed by atoms with Crippen molar-refractivity contribution in [2.45, 2.75) is 19.6 Å². The summed E-state index contributed by atoms with van der Waals surface area (Å²) in [6.07, 6.45) is 1.12. The third kappa shape index (κ3) is 3.64. The van der Waals surface area contributed by atoms with Gasteiger partial charge in [-0.1, -0.05) is 6.07 Å². The third-order valence-electron chi connectivity index (χ3n) is 3.10. The molecule has 1 unspecified atom stereocenters. The van der Waals surface area contributed by atoms with E-state index < -0.39 is 6.10 Å². The van der Waals surface area contributed by atoms with Gasteiger partial charge in [0, 0.05) is 6.20 Å². The molecule has 1 N–H and O–H groups in total. The van der Waals surface area contributed by atoms with E-state index in [9.17, 15) is 5.11 Å². The minimum absolute atomic E-state index is 0.321. The lowest BCUT2D eigenvalue weighted by molar-refractivity contribution is 0.198. The number of benzene rings is 1. The van der Waals surface area contributed by atoms with Crippen LogP contribution < -0.4 is 14.2 Å². The van der Waals surface area contributed by atoms with Crippen LogP contribution in [0.15, 0.2) is 36.5 Å². The molecule has 0 aliphatic heterocycles. The lowest BCUT2D eigenvalue weighted by Gasteiger charge is -2.14. The average Bonchev–Trinajstić information content (AvgIpc) is 2.52. The van der Waals surface area contributed by atoms with Gasteiger partial charge < -0.3 is 19.3 Å². The average molecular weight is 289 g/mol. The van der Waals surface area contributed by atoms with Crippen LogP contribution in [0.1, 0.15) is 24.2 Å². The number of ether oxygens (including phenoxy) is 3. The molecule has 112 valence electrons. The highest BCUT2D eigenvalue weighted by Gasteiger charge is 2.10. The number of hydrogen-bond acceptors (Lipinski definition) is 5. The third-order valence-corrected chi connectivity index (χ3v) is 3.10. The first-order chi connectivity index (χ1) is 10.2. The monoisotopic (exact) mass is 289 g/mol. The van der Waals surface area contributed by atoms with Crippen molar-refractivity contribution in [2.24, 2.45) is 0 Å². The summed E-state index contributed by atoms with van der Waals surface area (Å²) in [5.41, 5.74) is 1.62.